The first-order valence-corrected chi connectivity index (χ1v) is 12.5. The van der Waals surface area contributed by atoms with Gasteiger partial charge in [0.05, 0.1) is 16.6 Å². The van der Waals surface area contributed by atoms with Crippen LogP contribution in [0.15, 0.2) is 30.6 Å². The summed E-state index contributed by atoms with van der Waals surface area (Å²) in [6, 6.07) is 5.56. The molecule has 182 valence electrons. The van der Waals surface area contributed by atoms with Crippen molar-refractivity contribution in [2.45, 2.75) is 76.5 Å². The molecule has 2 fully saturated rings. The lowest BCUT2D eigenvalue weighted by atomic mass is 9.68. The second-order valence-electron chi connectivity index (χ2n) is 10.5. The van der Waals surface area contributed by atoms with Crippen molar-refractivity contribution in [3.05, 3.63) is 47.4 Å². The zero-order valence-corrected chi connectivity index (χ0v) is 20.4. The SMILES string of the molecule is C[C@@H]1OC(=O)c2ccc(Nc3cc4c([C@@](C)(N)C5CCC5)cnc(OC5CC5)c4cn3)nc2[C@H]1C. The average Bonchev–Trinajstić information content (AvgIpc) is 3.60. The molecular weight excluding hydrogens is 442 g/mol. The summed E-state index contributed by atoms with van der Waals surface area (Å²) in [5.41, 5.74) is 8.69. The highest BCUT2D eigenvalue weighted by atomic mass is 16.5. The van der Waals surface area contributed by atoms with Crippen LogP contribution >= 0.6 is 0 Å². The molecule has 3 N–H and O–H groups in total. The van der Waals surface area contributed by atoms with Gasteiger partial charge in [-0.05, 0) is 74.6 Å². The Morgan fingerprint density at radius 3 is 2.60 bits per heavy atom. The minimum Gasteiger partial charge on any atom is -0.474 e. The second kappa shape index (κ2) is 8.16. The van der Waals surface area contributed by atoms with Crippen molar-refractivity contribution in [2.24, 2.45) is 11.7 Å². The first-order valence-electron chi connectivity index (χ1n) is 12.5. The molecule has 3 aliphatic rings. The number of ether oxygens (including phenoxy) is 2. The largest absolute Gasteiger partial charge is 0.474 e. The van der Waals surface area contributed by atoms with E-state index in [1.165, 1.54) is 6.42 Å². The molecule has 6 rings (SSSR count). The monoisotopic (exact) mass is 473 g/mol. The summed E-state index contributed by atoms with van der Waals surface area (Å²) in [6.07, 6.45) is 9.30. The van der Waals surface area contributed by atoms with Crippen LogP contribution in [-0.2, 0) is 10.3 Å². The number of aromatic nitrogens is 3. The highest BCUT2D eigenvalue weighted by molar-refractivity contribution is 5.93. The van der Waals surface area contributed by atoms with Gasteiger partial charge in [0.1, 0.15) is 23.8 Å². The predicted molar refractivity (Wildman–Crippen MR) is 133 cm³/mol. The quantitative estimate of drug-likeness (QED) is 0.484. The topological polar surface area (TPSA) is 112 Å². The lowest BCUT2D eigenvalue weighted by molar-refractivity contribution is 0.0235. The zero-order valence-electron chi connectivity index (χ0n) is 20.4. The van der Waals surface area contributed by atoms with E-state index in [0.29, 0.717) is 29.0 Å². The molecule has 0 spiro atoms. The Kier molecular flexibility index (Phi) is 5.18. The summed E-state index contributed by atoms with van der Waals surface area (Å²) in [7, 11) is 0. The summed E-state index contributed by atoms with van der Waals surface area (Å²) >= 11 is 0. The number of pyridine rings is 3. The Bertz CT molecular complexity index is 1320. The van der Waals surface area contributed by atoms with Gasteiger partial charge < -0.3 is 20.5 Å². The molecule has 3 aromatic rings. The van der Waals surface area contributed by atoms with E-state index < -0.39 is 5.54 Å². The normalized spacial score (nSPS) is 23.7. The smallest absolute Gasteiger partial charge is 0.340 e. The van der Waals surface area contributed by atoms with Crippen molar-refractivity contribution in [1.82, 2.24) is 15.0 Å². The van der Waals surface area contributed by atoms with E-state index in [0.717, 1.165) is 47.7 Å². The zero-order chi connectivity index (χ0) is 24.3. The molecule has 8 heteroatoms. The third kappa shape index (κ3) is 3.89. The van der Waals surface area contributed by atoms with E-state index in [1.54, 1.807) is 12.1 Å². The van der Waals surface area contributed by atoms with E-state index in [1.807, 2.05) is 32.3 Å². The van der Waals surface area contributed by atoms with E-state index in [-0.39, 0.29) is 24.1 Å². The van der Waals surface area contributed by atoms with Crippen LogP contribution in [0, 0.1) is 5.92 Å². The highest BCUT2D eigenvalue weighted by Crippen LogP contribution is 2.44. The van der Waals surface area contributed by atoms with Gasteiger partial charge in [-0.1, -0.05) is 13.3 Å². The number of hydrogen-bond donors (Lipinski definition) is 2. The number of esters is 1. The van der Waals surface area contributed by atoms with Crippen LogP contribution < -0.4 is 15.8 Å². The summed E-state index contributed by atoms with van der Waals surface area (Å²) in [4.78, 5) is 26.3. The summed E-state index contributed by atoms with van der Waals surface area (Å²) in [6.45, 7) is 6.01. The summed E-state index contributed by atoms with van der Waals surface area (Å²) < 4.78 is 11.5. The Hall–Kier alpha value is -3.26. The van der Waals surface area contributed by atoms with E-state index in [2.05, 4.69) is 22.2 Å². The molecule has 35 heavy (non-hydrogen) atoms. The third-order valence-electron chi connectivity index (χ3n) is 7.90. The maximum atomic E-state index is 12.3. The molecule has 2 aliphatic carbocycles. The Morgan fingerprint density at radius 2 is 1.89 bits per heavy atom. The fourth-order valence-electron chi connectivity index (χ4n) is 5.03. The first kappa shape index (κ1) is 22.2. The molecule has 1 aliphatic heterocycles. The fourth-order valence-corrected chi connectivity index (χ4v) is 5.03. The van der Waals surface area contributed by atoms with Crippen LogP contribution in [0.2, 0.25) is 0 Å². The number of rotatable bonds is 6. The molecule has 3 atom stereocenters. The molecule has 0 saturated heterocycles. The van der Waals surface area contributed by atoms with Crippen molar-refractivity contribution in [1.29, 1.82) is 0 Å². The molecule has 4 heterocycles. The van der Waals surface area contributed by atoms with Crippen molar-refractivity contribution >= 4 is 28.4 Å². The second-order valence-corrected chi connectivity index (χ2v) is 10.5. The van der Waals surface area contributed by atoms with Crippen molar-refractivity contribution in [2.75, 3.05) is 5.32 Å². The van der Waals surface area contributed by atoms with Gasteiger partial charge in [-0.25, -0.2) is 19.7 Å². The molecular formula is C27H31N5O3. The average molecular weight is 474 g/mol. The predicted octanol–water partition coefficient (Wildman–Crippen LogP) is 4.95. The lowest BCUT2D eigenvalue weighted by Gasteiger charge is -2.41. The Morgan fingerprint density at radius 1 is 1.09 bits per heavy atom. The van der Waals surface area contributed by atoms with Gasteiger partial charge in [0.15, 0.2) is 0 Å². The van der Waals surface area contributed by atoms with Crippen LogP contribution in [0.3, 0.4) is 0 Å². The van der Waals surface area contributed by atoms with Gasteiger partial charge in [-0.2, -0.15) is 0 Å². The fraction of sp³-hybridized carbons (Fsp3) is 0.481. The number of carbonyl (C=O) groups is 1. The number of carbonyl (C=O) groups excluding carboxylic acids is 1. The molecule has 3 aromatic heterocycles. The van der Waals surface area contributed by atoms with Crippen molar-refractivity contribution < 1.29 is 14.3 Å². The number of hydrogen-bond acceptors (Lipinski definition) is 8. The van der Waals surface area contributed by atoms with Crippen LogP contribution in [0.25, 0.3) is 10.8 Å². The van der Waals surface area contributed by atoms with Crippen LogP contribution in [0.5, 0.6) is 5.88 Å². The van der Waals surface area contributed by atoms with Gasteiger partial charge in [0.2, 0.25) is 5.88 Å². The number of nitrogens with two attached hydrogens (primary N) is 1. The summed E-state index contributed by atoms with van der Waals surface area (Å²) in [5.74, 6) is 2.00. The first-order chi connectivity index (χ1) is 16.8. The van der Waals surface area contributed by atoms with Gasteiger partial charge >= 0.3 is 5.97 Å². The molecule has 2 saturated carbocycles. The highest BCUT2D eigenvalue weighted by Gasteiger charge is 2.38. The standard InChI is InChI=1S/C27H31N5O3/c1-14-15(2)34-26(33)18-9-10-22(32-24(14)18)31-23-11-19-20(12-29-23)25(35-17-7-8-17)30-13-21(19)27(3,28)16-5-4-6-16/h9-17H,4-8,28H2,1-3H3,(H,29,31,32)/t14-,15-,27-/m0/s1. The van der Waals surface area contributed by atoms with Gasteiger partial charge in [0.25, 0.3) is 0 Å². The number of nitrogens with one attached hydrogen (secondary N) is 1. The summed E-state index contributed by atoms with van der Waals surface area (Å²) in [5, 5.41) is 5.20. The van der Waals surface area contributed by atoms with Gasteiger partial charge in [-0.3, -0.25) is 0 Å². The minimum absolute atomic E-state index is 0.00856. The van der Waals surface area contributed by atoms with Crippen LogP contribution in [-0.4, -0.2) is 33.1 Å². The molecule has 8 nitrogen and oxygen atoms in total. The van der Waals surface area contributed by atoms with Crippen LogP contribution in [0.1, 0.15) is 80.4 Å². The Labute approximate surface area is 204 Å². The molecule has 0 bridgehead atoms. The van der Waals surface area contributed by atoms with Gasteiger partial charge in [0, 0.05) is 23.9 Å². The molecule has 0 amide bonds. The van der Waals surface area contributed by atoms with E-state index in [9.17, 15) is 4.79 Å². The maximum absolute atomic E-state index is 12.3. The van der Waals surface area contributed by atoms with E-state index in [4.69, 9.17) is 20.2 Å². The number of anilines is 2. The van der Waals surface area contributed by atoms with Gasteiger partial charge in [-0.15, -0.1) is 0 Å². The Balaban J connectivity index is 1.39. The van der Waals surface area contributed by atoms with Crippen LogP contribution in [0.4, 0.5) is 11.6 Å². The number of nitrogens with zero attached hydrogens (tertiary/aromatic N) is 3. The van der Waals surface area contributed by atoms with Crippen molar-refractivity contribution in [3.63, 3.8) is 0 Å². The molecule has 0 radical (unpaired) electrons. The third-order valence-corrected chi connectivity index (χ3v) is 7.90. The van der Waals surface area contributed by atoms with E-state index >= 15 is 0 Å². The molecule has 0 unspecified atom stereocenters. The minimum atomic E-state index is -0.490. The lowest BCUT2D eigenvalue weighted by Crippen LogP contribution is -2.44. The number of fused-ring (bicyclic) bond motifs is 2. The number of cyclic esters (lactones) is 1. The maximum Gasteiger partial charge on any atom is 0.340 e. The molecule has 0 aromatic carbocycles. The van der Waals surface area contributed by atoms with Crippen molar-refractivity contribution in [3.8, 4) is 5.88 Å².